The number of esters is 1. The number of likely N-dealkylation sites (tertiary alicyclic amines) is 1. The number of nitrogens with zero attached hydrogens (tertiary/aromatic N) is 3. The molecule has 2 fully saturated rings. The monoisotopic (exact) mass is 385 g/mol. The number of piperidine rings is 1. The van der Waals surface area contributed by atoms with Crippen LogP contribution in [-0.4, -0.2) is 86.0 Å². The highest BCUT2D eigenvalue weighted by Gasteiger charge is 2.29. The molecule has 152 valence electrons. The molecule has 28 heavy (non-hydrogen) atoms. The van der Waals surface area contributed by atoms with Crippen molar-refractivity contribution in [1.82, 2.24) is 14.7 Å². The molecule has 0 spiro atoms. The third kappa shape index (κ3) is 5.91. The minimum atomic E-state index is -0.149. The number of rotatable bonds is 6. The molecular formula is C22H31N3O3. The van der Waals surface area contributed by atoms with Gasteiger partial charge in [-0.1, -0.05) is 42.5 Å². The predicted octanol–water partition coefficient (Wildman–Crippen LogP) is 1.73. The van der Waals surface area contributed by atoms with Gasteiger partial charge in [-0.25, -0.2) is 0 Å². The molecule has 0 atom stereocenters. The van der Waals surface area contributed by atoms with Gasteiger partial charge in [-0.15, -0.1) is 0 Å². The summed E-state index contributed by atoms with van der Waals surface area (Å²) in [5.41, 5.74) is 1.22. The Balaban J connectivity index is 1.34. The maximum Gasteiger partial charge on any atom is 0.308 e. The molecule has 1 aromatic rings. The van der Waals surface area contributed by atoms with E-state index in [1.54, 1.807) is 0 Å². The highest BCUT2D eigenvalue weighted by molar-refractivity contribution is 5.79. The summed E-state index contributed by atoms with van der Waals surface area (Å²) >= 11 is 0. The third-order valence-electron chi connectivity index (χ3n) is 5.68. The van der Waals surface area contributed by atoms with Crippen molar-refractivity contribution in [2.24, 2.45) is 5.92 Å². The Hall–Kier alpha value is -2.18. The normalized spacial score (nSPS) is 19.8. The molecule has 2 aliphatic rings. The first-order valence-electron chi connectivity index (χ1n) is 10.2. The van der Waals surface area contributed by atoms with Crippen molar-refractivity contribution in [3.8, 4) is 0 Å². The van der Waals surface area contributed by atoms with Crippen LogP contribution in [-0.2, 0) is 14.3 Å². The van der Waals surface area contributed by atoms with E-state index >= 15 is 0 Å². The van der Waals surface area contributed by atoms with Crippen molar-refractivity contribution in [2.45, 2.75) is 12.8 Å². The lowest BCUT2D eigenvalue weighted by molar-refractivity contribution is -0.149. The molecule has 0 bridgehead atoms. The summed E-state index contributed by atoms with van der Waals surface area (Å²) < 4.78 is 4.81. The average molecular weight is 386 g/mol. The van der Waals surface area contributed by atoms with Crippen LogP contribution in [0.15, 0.2) is 36.4 Å². The molecule has 2 heterocycles. The highest BCUT2D eigenvalue weighted by atomic mass is 16.5. The van der Waals surface area contributed by atoms with Gasteiger partial charge in [-0.2, -0.15) is 0 Å². The lowest BCUT2D eigenvalue weighted by Gasteiger charge is -2.36. The van der Waals surface area contributed by atoms with E-state index in [-0.39, 0.29) is 17.8 Å². The zero-order valence-electron chi connectivity index (χ0n) is 16.8. The second-order valence-corrected chi connectivity index (χ2v) is 7.57. The van der Waals surface area contributed by atoms with Crippen molar-refractivity contribution < 1.29 is 14.3 Å². The first-order valence-corrected chi connectivity index (χ1v) is 10.2. The number of hydrogen-bond donors (Lipinski definition) is 0. The summed E-state index contributed by atoms with van der Waals surface area (Å²) in [4.78, 5) is 30.7. The second kappa shape index (κ2) is 10.4. The third-order valence-corrected chi connectivity index (χ3v) is 5.68. The molecule has 1 amide bonds. The summed E-state index contributed by atoms with van der Waals surface area (Å²) in [6.45, 7) is 6.54. The Morgan fingerprint density at radius 2 is 1.64 bits per heavy atom. The van der Waals surface area contributed by atoms with Crippen LogP contribution in [0.25, 0.3) is 6.08 Å². The number of methoxy groups -OCH3 is 1. The summed E-state index contributed by atoms with van der Waals surface area (Å²) in [6, 6.07) is 10.3. The Bertz CT molecular complexity index is 661. The van der Waals surface area contributed by atoms with Gasteiger partial charge in [0, 0.05) is 45.8 Å². The van der Waals surface area contributed by atoms with Gasteiger partial charge < -0.3 is 9.64 Å². The number of amides is 1. The van der Waals surface area contributed by atoms with Gasteiger partial charge in [0.25, 0.3) is 0 Å². The smallest absolute Gasteiger partial charge is 0.308 e. The fraction of sp³-hybridized carbons (Fsp3) is 0.545. The number of benzene rings is 1. The van der Waals surface area contributed by atoms with E-state index < -0.39 is 0 Å². The Morgan fingerprint density at radius 3 is 2.29 bits per heavy atom. The molecule has 0 aliphatic carbocycles. The molecule has 0 aromatic heterocycles. The Labute approximate surface area is 167 Å². The minimum Gasteiger partial charge on any atom is -0.469 e. The highest BCUT2D eigenvalue weighted by Crippen LogP contribution is 2.18. The van der Waals surface area contributed by atoms with Crippen LogP contribution < -0.4 is 0 Å². The second-order valence-electron chi connectivity index (χ2n) is 7.57. The van der Waals surface area contributed by atoms with E-state index in [9.17, 15) is 9.59 Å². The van der Waals surface area contributed by atoms with Crippen LogP contribution in [0.1, 0.15) is 18.4 Å². The fourth-order valence-corrected chi connectivity index (χ4v) is 3.85. The lowest BCUT2D eigenvalue weighted by atomic mass is 9.97. The van der Waals surface area contributed by atoms with Gasteiger partial charge >= 0.3 is 5.97 Å². The van der Waals surface area contributed by atoms with Gasteiger partial charge in [0.05, 0.1) is 19.6 Å². The molecule has 3 rings (SSSR count). The zero-order valence-corrected chi connectivity index (χ0v) is 16.8. The molecule has 6 nitrogen and oxygen atoms in total. The molecule has 1 aromatic carbocycles. The zero-order chi connectivity index (χ0) is 19.8. The first-order chi connectivity index (χ1) is 13.7. The van der Waals surface area contributed by atoms with E-state index in [2.05, 4.69) is 34.1 Å². The molecule has 0 N–H and O–H groups in total. The van der Waals surface area contributed by atoms with Crippen LogP contribution >= 0.6 is 0 Å². The summed E-state index contributed by atoms with van der Waals surface area (Å²) in [5.74, 6) is -0.0215. The van der Waals surface area contributed by atoms with Crippen LogP contribution in [0.4, 0.5) is 0 Å². The van der Waals surface area contributed by atoms with Gasteiger partial charge in [-0.3, -0.25) is 19.4 Å². The van der Waals surface area contributed by atoms with Crippen LogP contribution in [0.2, 0.25) is 0 Å². The summed E-state index contributed by atoms with van der Waals surface area (Å²) in [6.07, 6.45) is 5.79. The van der Waals surface area contributed by atoms with Crippen LogP contribution in [0, 0.1) is 5.92 Å². The largest absolute Gasteiger partial charge is 0.469 e. The van der Waals surface area contributed by atoms with Gasteiger partial charge in [-0.05, 0) is 18.4 Å². The summed E-state index contributed by atoms with van der Waals surface area (Å²) in [5, 5.41) is 0. The van der Waals surface area contributed by atoms with Crippen LogP contribution in [0.3, 0.4) is 0 Å². The van der Waals surface area contributed by atoms with E-state index in [0.29, 0.717) is 32.5 Å². The average Bonchev–Trinajstić information content (AvgIpc) is 2.75. The molecule has 0 radical (unpaired) electrons. The number of carbonyl (C=O) groups excluding carboxylic acids is 2. The molecule has 0 saturated carbocycles. The van der Waals surface area contributed by atoms with Crippen molar-refractivity contribution in [1.29, 1.82) is 0 Å². The molecule has 6 heteroatoms. The number of hydrogen-bond acceptors (Lipinski definition) is 5. The van der Waals surface area contributed by atoms with E-state index in [1.165, 1.54) is 12.7 Å². The molecule has 0 unspecified atom stereocenters. The molecule has 2 saturated heterocycles. The maximum absolute atomic E-state index is 12.6. The van der Waals surface area contributed by atoms with Gasteiger partial charge in [0.15, 0.2) is 0 Å². The van der Waals surface area contributed by atoms with Gasteiger partial charge in [0.1, 0.15) is 0 Å². The Kier molecular flexibility index (Phi) is 7.62. The van der Waals surface area contributed by atoms with Gasteiger partial charge in [0.2, 0.25) is 5.91 Å². The number of carbonyl (C=O) groups is 2. The maximum atomic E-state index is 12.6. The van der Waals surface area contributed by atoms with Crippen molar-refractivity contribution in [3.63, 3.8) is 0 Å². The fourth-order valence-electron chi connectivity index (χ4n) is 3.85. The first kappa shape index (κ1) is 20.6. The topological polar surface area (TPSA) is 53.1 Å². The van der Waals surface area contributed by atoms with E-state index in [0.717, 1.165) is 32.7 Å². The van der Waals surface area contributed by atoms with Crippen molar-refractivity contribution in [2.75, 3.05) is 59.5 Å². The van der Waals surface area contributed by atoms with E-state index in [4.69, 9.17) is 4.74 Å². The number of ether oxygens (including phenoxy) is 1. The van der Waals surface area contributed by atoms with Crippen LogP contribution in [0.5, 0.6) is 0 Å². The SMILES string of the molecule is COC(=O)C1CCN(C(=O)CN2CCN(C/C=C/c3ccccc3)CC2)CC1. The molecular weight excluding hydrogens is 354 g/mol. The van der Waals surface area contributed by atoms with Crippen molar-refractivity contribution in [3.05, 3.63) is 42.0 Å². The van der Waals surface area contributed by atoms with Crippen molar-refractivity contribution >= 4 is 18.0 Å². The predicted molar refractivity (Wildman–Crippen MR) is 110 cm³/mol. The quantitative estimate of drug-likeness (QED) is 0.698. The minimum absolute atomic E-state index is 0.0541. The summed E-state index contributed by atoms with van der Waals surface area (Å²) in [7, 11) is 1.43. The molecule has 2 aliphatic heterocycles. The Morgan fingerprint density at radius 1 is 1.00 bits per heavy atom. The van der Waals surface area contributed by atoms with E-state index in [1.807, 2.05) is 23.1 Å². The lowest BCUT2D eigenvalue weighted by Crippen LogP contribution is -2.51. The standard InChI is InChI=1S/C22H31N3O3/c1-28-22(27)20-9-12-25(13-10-20)21(26)18-24-16-14-23(15-17-24)11-5-8-19-6-3-2-4-7-19/h2-8,20H,9-18H2,1H3/b8-5+. The number of piperazine rings is 1.